The fraction of sp³-hybridized carbons (Fsp3) is 0.0769. The van der Waals surface area contributed by atoms with Crippen molar-refractivity contribution in [2.24, 2.45) is 0 Å². The van der Waals surface area contributed by atoms with Gasteiger partial charge in [0.2, 0.25) is 0 Å². The zero-order valence-corrected chi connectivity index (χ0v) is 13.5. The van der Waals surface area contributed by atoms with Crippen LogP contribution >= 0.6 is 43.6 Å². The highest BCUT2D eigenvalue weighted by Crippen LogP contribution is 2.31. The van der Waals surface area contributed by atoms with Crippen molar-refractivity contribution in [2.45, 2.75) is 16.8 Å². The zero-order valence-electron chi connectivity index (χ0n) is 9.48. The Kier molecular flexibility index (Phi) is 4.59. The Balaban J connectivity index is 2.34. The van der Waals surface area contributed by atoms with E-state index in [0.717, 1.165) is 18.9 Å². The molecule has 5 heteroatoms. The van der Waals surface area contributed by atoms with E-state index in [0.29, 0.717) is 5.56 Å². The Hall–Kier alpha value is -0.650. The second-order valence-electron chi connectivity index (χ2n) is 3.61. The molecule has 1 aromatic carbocycles. The molecule has 0 aliphatic carbocycles. The minimum Gasteiger partial charge on any atom is -0.294 e. The maximum absolute atomic E-state index is 11.6. The smallest absolute Gasteiger partial charge is 0.160 e. The first-order valence-electron chi connectivity index (χ1n) is 5.16. The number of nitrogens with zero attached hydrogens (tertiary/aromatic N) is 1. The average molecular weight is 387 g/mol. The fourth-order valence-corrected chi connectivity index (χ4v) is 2.91. The highest BCUT2D eigenvalue weighted by Gasteiger charge is 2.09. The second kappa shape index (κ2) is 5.99. The third-order valence-electron chi connectivity index (χ3n) is 2.24. The van der Waals surface area contributed by atoms with Gasteiger partial charge in [-0.15, -0.1) is 0 Å². The third-order valence-corrected chi connectivity index (χ3v) is 4.22. The van der Waals surface area contributed by atoms with Crippen LogP contribution in [0.5, 0.6) is 0 Å². The Morgan fingerprint density at radius 2 is 1.89 bits per heavy atom. The minimum absolute atomic E-state index is 0.0518. The average Bonchev–Trinajstić information content (AvgIpc) is 2.34. The zero-order chi connectivity index (χ0) is 13.1. The molecule has 0 saturated carbocycles. The molecule has 92 valence electrons. The fourth-order valence-electron chi connectivity index (χ4n) is 1.40. The van der Waals surface area contributed by atoms with Gasteiger partial charge in [-0.1, -0.05) is 27.7 Å². The van der Waals surface area contributed by atoms with E-state index in [1.165, 1.54) is 11.8 Å². The van der Waals surface area contributed by atoms with Crippen LogP contribution < -0.4 is 0 Å². The molecule has 1 aromatic heterocycles. The van der Waals surface area contributed by atoms with E-state index >= 15 is 0 Å². The lowest BCUT2D eigenvalue weighted by atomic mass is 10.1. The van der Waals surface area contributed by atoms with Crippen LogP contribution in [0.1, 0.15) is 17.3 Å². The lowest BCUT2D eigenvalue weighted by Crippen LogP contribution is -1.95. The van der Waals surface area contributed by atoms with Gasteiger partial charge in [0.25, 0.3) is 0 Å². The van der Waals surface area contributed by atoms with Crippen LogP contribution in [0, 0.1) is 0 Å². The molecular weight excluding hydrogens is 378 g/mol. The number of pyridine rings is 1. The van der Waals surface area contributed by atoms with Crippen LogP contribution in [0.4, 0.5) is 0 Å². The summed E-state index contributed by atoms with van der Waals surface area (Å²) >= 11 is 8.21. The van der Waals surface area contributed by atoms with Gasteiger partial charge < -0.3 is 0 Å². The van der Waals surface area contributed by atoms with Gasteiger partial charge in [0.1, 0.15) is 5.03 Å². The summed E-state index contributed by atoms with van der Waals surface area (Å²) < 4.78 is 1.84. The summed E-state index contributed by atoms with van der Waals surface area (Å²) in [6.45, 7) is 1.57. The number of ketones is 1. The van der Waals surface area contributed by atoms with E-state index in [9.17, 15) is 4.79 Å². The summed E-state index contributed by atoms with van der Waals surface area (Å²) in [6, 6.07) is 9.54. The summed E-state index contributed by atoms with van der Waals surface area (Å²) in [4.78, 5) is 16.8. The van der Waals surface area contributed by atoms with Crippen LogP contribution in [-0.2, 0) is 0 Å². The van der Waals surface area contributed by atoms with Gasteiger partial charge in [0.05, 0.1) is 0 Å². The Bertz CT molecular complexity index is 584. The predicted molar refractivity (Wildman–Crippen MR) is 80.2 cm³/mol. The maximum atomic E-state index is 11.6. The first kappa shape index (κ1) is 13.8. The van der Waals surface area contributed by atoms with Crippen molar-refractivity contribution in [3.8, 4) is 0 Å². The van der Waals surface area contributed by atoms with E-state index in [1.807, 2.05) is 30.3 Å². The molecule has 0 fully saturated rings. The molecule has 0 aliphatic rings. The van der Waals surface area contributed by atoms with E-state index in [1.54, 1.807) is 13.1 Å². The standard InChI is InChI=1S/C13H9Br2NOS/c1-8(17)11-6-9(14)2-4-12(11)18-13-5-3-10(15)7-16-13/h2-7H,1H3. The molecule has 2 nitrogen and oxygen atoms in total. The first-order chi connectivity index (χ1) is 8.56. The number of carbonyl (C=O) groups excluding carboxylic acids is 1. The Labute approximate surface area is 126 Å². The SMILES string of the molecule is CC(=O)c1cc(Br)ccc1Sc1ccc(Br)cn1. The number of hydrogen-bond donors (Lipinski definition) is 0. The summed E-state index contributed by atoms with van der Waals surface area (Å²) in [6.07, 6.45) is 1.74. The molecule has 0 saturated heterocycles. The number of hydrogen-bond acceptors (Lipinski definition) is 3. The predicted octanol–water partition coefficient (Wildman–Crippen LogP) is 4.96. The molecule has 0 radical (unpaired) electrons. The summed E-state index contributed by atoms with van der Waals surface area (Å²) in [5, 5.41) is 0.864. The lowest BCUT2D eigenvalue weighted by molar-refractivity contribution is 0.101. The van der Waals surface area contributed by atoms with Crippen molar-refractivity contribution in [1.82, 2.24) is 4.98 Å². The monoisotopic (exact) mass is 385 g/mol. The van der Waals surface area contributed by atoms with Crippen LogP contribution in [0.3, 0.4) is 0 Å². The Morgan fingerprint density at radius 1 is 1.17 bits per heavy atom. The van der Waals surface area contributed by atoms with Crippen molar-refractivity contribution in [1.29, 1.82) is 0 Å². The molecule has 0 amide bonds. The molecular formula is C13H9Br2NOS. The molecule has 2 aromatic rings. The van der Waals surface area contributed by atoms with E-state index in [2.05, 4.69) is 36.8 Å². The molecule has 0 spiro atoms. The Morgan fingerprint density at radius 3 is 2.50 bits per heavy atom. The minimum atomic E-state index is 0.0518. The molecule has 0 atom stereocenters. The van der Waals surface area contributed by atoms with E-state index in [-0.39, 0.29) is 5.78 Å². The molecule has 0 N–H and O–H groups in total. The number of Topliss-reactive ketones (excluding diaryl/α,β-unsaturated/α-hetero) is 1. The molecule has 2 rings (SSSR count). The van der Waals surface area contributed by atoms with E-state index in [4.69, 9.17) is 0 Å². The summed E-state index contributed by atoms with van der Waals surface area (Å²) in [5.41, 5.74) is 0.707. The number of aromatic nitrogens is 1. The maximum Gasteiger partial charge on any atom is 0.160 e. The van der Waals surface area contributed by atoms with Gasteiger partial charge in [0, 0.05) is 25.6 Å². The van der Waals surface area contributed by atoms with Crippen LogP contribution in [0.2, 0.25) is 0 Å². The van der Waals surface area contributed by atoms with Crippen molar-refractivity contribution in [3.63, 3.8) is 0 Å². The van der Waals surface area contributed by atoms with Gasteiger partial charge in [-0.2, -0.15) is 0 Å². The molecule has 1 heterocycles. The van der Waals surface area contributed by atoms with Gasteiger partial charge in [0.15, 0.2) is 5.78 Å². The molecule has 18 heavy (non-hydrogen) atoms. The van der Waals surface area contributed by atoms with Crippen molar-refractivity contribution in [3.05, 3.63) is 51.0 Å². The largest absolute Gasteiger partial charge is 0.294 e. The van der Waals surface area contributed by atoms with Crippen molar-refractivity contribution >= 4 is 49.4 Å². The van der Waals surface area contributed by atoms with Crippen LogP contribution in [-0.4, -0.2) is 10.8 Å². The number of carbonyl (C=O) groups is 1. The first-order valence-corrected chi connectivity index (χ1v) is 7.56. The summed E-state index contributed by atoms with van der Waals surface area (Å²) in [7, 11) is 0. The number of rotatable bonds is 3. The molecule has 0 aliphatic heterocycles. The van der Waals surface area contributed by atoms with Crippen molar-refractivity contribution < 1.29 is 4.79 Å². The van der Waals surface area contributed by atoms with E-state index < -0.39 is 0 Å². The van der Waals surface area contributed by atoms with Gasteiger partial charge >= 0.3 is 0 Å². The molecule has 0 bridgehead atoms. The van der Waals surface area contributed by atoms with Crippen molar-refractivity contribution in [2.75, 3.05) is 0 Å². The van der Waals surface area contributed by atoms with Gasteiger partial charge in [-0.05, 0) is 53.2 Å². The second-order valence-corrected chi connectivity index (χ2v) is 6.51. The quantitative estimate of drug-likeness (QED) is 0.698. The van der Waals surface area contributed by atoms with Gasteiger partial charge in [-0.25, -0.2) is 4.98 Å². The highest BCUT2D eigenvalue weighted by atomic mass is 79.9. The summed E-state index contributed by atoms with van der Waals surface area (Å²) in [5.74, 6) is 0.0518. The molecule has 0 unspecified atom stereocenters. The topological polar surface area (TPSA) is 30.0 Å². The van der Waals surface area contributed by atoms with Gasteiger partial charge in [-0.3, -0.25) is 4.79 Å². The normalized spacial score (nSPS) is 10.4. The number of halogens is 2. The van der Waals surface area contributed by atoms with Crippen LogP contribution in [0.25, 0.3) is 0 Å². The van der Waals surface area contributed by atoms with Crippen LogP contribution in [0.15, 0.2) is 55.4 Å². The highest BCUT2D eigenvalue weighted by molar-refractivity contribution is 9.10. The number of benzene rings is 1. The lowest BCUT2D eigenvalue weighted by Gasteiger charge is -2.06. The third kappa shape index (κ3) is 3.43.